The first-order chi connectivity index (χ1) is 8.56. The Morgan fingerprint density at radius 1 is 1.44 bits per heavy atom. The molecule has 0 fully saturated rings. The smallest absolute Gasteiger partial charge is 0.261 e. The predicted octanol–water partition coefficient (Wildman–Crippen LogP) is 2.41. The van der Waals surface area contributed by atoms with Crippen molar-refractivity contribution in [2.75, 3.05) is 18.9 Å². The minimum Gasteiger partial charge on any atom is -0.383 e. The fourth-order valence-corrected chi connectivity index (χ4v) is 2.46. The van der Waals surface area contributed by atoms with Gasteiger partial charge in [0, 0.05) is 11.3 Å². The molecule has 2 N–H and O–H groups in total. The van der Waals surface area contributed by atoms with Gasteiger partial charge in [0.25, 0.3) is 6.43 Å². The molecule has 0 saturated heterocycles. The van der Waals surface area contributed by atoms with Gasteiger partial charge in [-0.15, -0.1) is 11.3 Å². The Kier molecular flexibility index (Phi) is 4.03. The van der Waals surface area contributed by atoms with Crippen molar-refractivity contribution in [3.8, 4) is 0 Å². The summed E-state index contributed by atoms with van der Waals surface area (Å²) in [5.41, 5.74) is 5.82. The van der Waals surface area contributed by atoms with Crippen molar-refractivity contribution >= 4 is 27.4 Å². The monoisotopic (exact) mass is 273 g/mol. The molecule has 0 aliphatic rings. The van der Waals surface area contributed by atoms with Crippen LogP contribution in [0.5, 0.6) is 0 Å². The van der Waals surface area contributed by atoms with E-state index in [9.17, 15) is 8.78 Å². The standard InChI is InChI=1S/C11H13F2N3OS/c1-6-4-7-10(14)15-9(16-11(7)18-6)2-3-17-5-8(12)13/h4,8H,2-3,5H2,1H3,(H2,14,15,16). The number of nitrogens with two attached hydrogens (primary N) is 1. The number of alkyl halides is 2. The molecule has 0 atom stereocenters. The van der Waals surface area contributed by atoms with Gasteiger partial charge in [-0.1, -0.05) is 0 Å². The SMILES string of the molecule is Cc1cc2c(N)nc(CCOCC(F)F)nc2s1. The van der Waals surface area contributed by atoms with Crippen LogP contribution in [-0.2, 0) is 11.2 Å². The third-order valence-corrected chi connectivity index (χ3v) is 3.25. The number of hydrogen-bond acceptors (Lipinski definition) is 5. The van der Waals surface area contributed by atoms with Gasteiger partial charge in [0.05, 0.1) is 12.0 Å². The summed E-state index contributed by atoms with van der Waals surface area (Å²) >= 11 is 1.53. The van der Waals surface area contributed by atoms with Crippen molar-refractivity contribution in [2.24, 2.45) is 0 Å². The average Bonchev–Trinajstić information content (AvgIpc) is 2.65. The molecule has 0 unspecified atom stereocenters. The first-order valence-electron chi connectivity index (χ1n) is 5.44. The normalized spacial score (nSPS) is 11.6. The molecule has 2 aromatic heterocycles. The fraction of sp³-hybridized carbons (Fsp3) is 0.455. The van der Waals surface area contributed by atoms with Crippen LogP contribution >= 0.6 is 11.3 Å². The summed E-state index contributed by atoms with van der Waals surface area (Å²) in [6.45, 7) is 1.58. The lowest BCUT2D eigenvalue weighted by atomic mass is 10.3. The highest BCUT2D eigenvalue weighted by atomic mass is 32.1. The highest BCUT2D eigenvalue weighted by Gasteiger charge is 2.08. The molecular weight excluding hydrogens is 260 g/mol. The number of fused-ring (bicyclic) bond motifs is 1. The van der Waals surface area contributed by atoms with E-state index in [4.69, 9.17) is 10.5 Å². The number of rotatable bonds is 5. The van der Waals surface area contributed by atoms with Gasteiger partial charge >= 0.3 is 0 Å². The minimum atomic E-state index is -2.45. The van der Waals surface area contributed by atoms with Gasteiger partial charge in [-0.3, -0.25) is 0 Å². The highest BCUT2D eigenvalue weighted by molar-refractivity contribution is 7.18. The number of nitrogen functional groups attached to an aromatic ring is 1. The quantitative estimate of drug-likeness (QED) is 0.850. The van der Waals surface area contributed by atoms with Gasteiger partial charge in [-0.2, -0.15) is 0 Å². The van der Waals surface area contributed by atoms with Gasteiger partial charge in [-0.05, 0) is 13.0 Å². The Hall–Kier alpha value is -1.34. The maximum absolute atomic E-state index is 11.9. The Balaban J connectivity index is 2.05. The molecule has 0 bridgehead atoms. The first kappa shape index (κ1) is 13.1. The molecule has 98 valence electrons. The van der Waals surface area contributed by atoms with E-state index < -0.39 is 13.0 Å². The number of thiophene rings is 1. The Labute approximate surface area is 107 Å². The van der Waals surface area contributed by atoms with Crippen molar-refractivity contribution in [1.82, 2.24) is 9.97 Å². The molecule has 0 saturated carbocycles. The third-order valence-electron chi connectivity index (χ3n) is 2.31. The molecule has 0 aliphatic carbocycles. The number of hydrogen-bond donors (Lipinski definition) is 1. The van der Waals surface area contributed by atoms with Gasteiger partial charge in [0.15, 0.2) is 0 Å². The summed E-state index contributed by atoms with van der Waals surface area (Å²) in [4.78, 5) is 10.4. The second-order valence-corrected chi connectivity index (χ2v) is 5.05. The lowest BCUT2D eigenvalue weighted by Gasteiger charge is -2.04. The van der Waals surface area contributed by atoms with E-state index in [1.54, 1.807) is 0 Å². The second kappa shape index (κ2) is 5.53. The zero-order chi connectivity index (χ0) is 13.1. The summed E-state index contributed by atoms with van der Waals surface area (Å²) < 4.78 is 28.5. The summed E-state index contributed by atoms with van der Waals surface area (Å²) in [6.07, 6.45) is -2.07. The molecule has 2 aromatic rings. The molecule has 4 nitrogen and oxygen atoms in total. The van der Waals surface area contributed by atoms with Crippen LogP contribution in [-0.4, -0.2) is 29.6 Å². The Bertz CT molecular complexity index is 544. The number of aromatic nitrogens is 2. The molecule has 2 heterocycles. The topological polar surface area (TPSA) is 61.0 Å². The minimum absolute atomic E-state index is 0.166. The summed E-state index contributed by atoms with van der Waals surface area (Å²) in [6, 6.07) is 1.94. The van der Waals surface area contributed by atoms with Crippen LogP contribution in [0, 0.1) is 6.92 Å². The van der Waals surface area contributed by atoms with Crippen molar-refractivity contribution in [3.63, 3.8) is 0 Å². The predicted molar refractivity (Wildman–Crippen MR) is 67.1 cm³/mol. The van der Waals surface area contributed by atoms with E-state index in [1.807, 2.05) is 13.0 Å². The van der Waals surface area contributed by atoms with Gasteiger partial charge in [-0.25, -0.2) is 18.7 Å². The molecule has 0 radical (unpaired) electrons. The fourth-order valence-electron chi connectivity index (χ4n) is 1.56. The largest absolute Gasteiger partial charge is 0.383 e. The van der Waals surface area contributed by atoms with Crippen LogP contribution in [0.4, 0.5) is 14.6 Å². The lowest BCUT2D eigenvalue weighted by Crippen LogP contribution is -2.09. The zero-order valence-electron chi connectivity index (χ0n) is 9.82. The molecular formula is C11H13F2N3OS. The number of aryl methyl sites for hydroxylation is 1. The number of nitrogens with zero attached hydrogens (tertiary/aromatic N) is 2. The molecule has 18 heavy (non-hydrogen) atoms. The van der Waals surface area contributed by atoms with Crippen LogP contribution < -0.4 is 5.73 Å². The van der Waals surface area contributed by atoms with E-state index in [-0.39, 0.29) is 6.61 Å². The van der Waals surface area contributed by atoms with Crippen LogP contribution in [0.1, 0.15) is 10.7 Å². The van der Waals surface area contributed by atoms with E-state index in [0.29, 0.717) is 18.1 Å². The van der Waals surface area contributed by atoms with Gasteiger partial charge in [0.2, 0.25) is 0 Å². The van der Waals surface area contributed by atoms with E-state index in [0.717, 1.165) is 15.1 Å². The van der Waals surface area contributed by atoms with Gasteiger partial charge in [0.1, 0.15) is 23.1 Å². The van der Waals surface area contributed by atoms with Crippen molar-refractivity contribution in [1.29, 1.82) is 0 Å². The number of ether oxygens (including phenoxy) is 1. The maximum Gasteiger partial charge on any atom is 0.261 e. The number of halogens is 2. The van der Waals surface area contributed by atoms with Crippen LogP contribution in [0.2, 0.25) is 0 Å². The Morgan fingerprint density at radius 2 is 2.22 bits per heavy atom. The summed E-state index contributed by atoms with van der Waals surface area (Å²) in [5.74, 6) is 0.948. The second-order valence-electron chi connectivity index (χ2n) is 3.82. The van der Waals surface area contributed by atoms with Gasteiger partial charge < -0.3 is 10.5 Å². The number of anilines is 1. The molecule has 0 aliphatic heterocycles. The Morgan fingerprint density at radius 3 is 2.94 bits per heavy atom. The van der Waals surface area contributed by atoms with Crippen LogP contribution in [0.3, 0.4) is 0 Å². The lowest BCUT2D eigenvalue weighted by molar-refractivity contribution is 0.0183. The maximum atomic E-state index is 11.9. The summed E-state index contributed by atoms with van der Waals surface area (Å²) in [7, 11) is 0. The first-order valence-corrected chi connectivity index (χ1v) is 6.26. The van der Waals surface area contributed by atoms with E-state index >= 15 is 0 Å². The molecule has 0 aromatic carbocycles. The van der Waals surface area contributed by atoms with Crippen molar-refractivity contribution < 1.29 is 13.5 Å². The third kappa shape index (κ3) is 3.11. The molecule has 7 heteroatoms. The average molecular weight is 273 g/mol. The molecule has 0 spiro atoms. The zero-order valence-corrected chi connectivity index (χ0v) is 10.6. The van der Waals surface area contributed by atoms with Crippen molar-refractivity contribution in [3.05, 3.63) is 16.8 Å². The highest BCUT2D eigenvalue weighted by Crippen LogP contribution is 2.26. The van der Waals surface area contributed by atoms with Crippen molar-refractivity contribution in [2.45, 2.75) is 19.8 Å². The summed E-state index contributed by atoms with van der Waals surface area (Å²) in [5, 5.41) is 0.842. The molecule has 2 rings (SSSR count). The molecule has 0 amide bonds. The van der Waals surface area contributed by atoms with Crippen LogP contribution in [0.15, 0.2) is 6.07 Å². The van der Waals surface area contributed by atoms with E-state index in [2.05, 4.69) is 9.97 Å². The van der Waals surface area contributed by atoms with E-state index in [1.165, 1.54) is 11.3 Å². The van der Waals surface area contributed by atoms with Crippen LogP contribution in [0.25, 0.3) is 10.2 Å².